The van der Waals surface area contributed by atoms with E-state index in [0.717, 1.165) is 0 Å². The van der Waals surface area contributed by atoms with Crippen molar-refractivity contribution in [2.75, 3.05) is 5.32 Å². The molecule has 0 bridgehead atoms. The maximum atomic E-state index is 12.3. The first-order chi connectivity index (χ1) is 11.0. The second-order valence-corrected chi connectivity index (χ2v) is 5.81. The van der Waals surface area contributed by atoms with Gasteiger partial charge in [-0.1, -0.05) is 42.5 Å². The molecule has 0 aliphatic carbocycles. The van der Waals surface area contributed by atoms with Crippen molar-refractivity contribution in [1.29, 1.82) is 0 Å². The Kier molecular flexibility index (Phi) is 5.66. The van der Waals surface area contributed by atoms with Crippen LogP contribution < -0.4 is 10.6 Å². The smallest absolute Gasteiger partial charge is 0.282 e. The number of rotatable bonds is 6. The van der Waals surface area contributed by atoms with Gasteiger partial charge in [0.2, 0.25) is 0 Å². The van der Waals surface area contributed by atoms with Crippen molar-refractivity contribution in [3.05, 3.63) is 65.7 Å². The monoisotopic (exact) mass is 311 g/mol. The molecule has 2 aromatic rings. The van der Waals surface area contributed by atoms with E-state index in [1.807, 2.05) is 30.4 Å². The van der Waals surface area contributed by atoms with E-state index in [4.69, 9.17) is 0 Å². The topological polar surface area (TPSA) is 62.8 Å². The highest BCUT2D eigenvalue weighted by Gasteiger charge is 2.20. The van der Waals surface area contributed by atoms with Gasteiger partial charge in [0.1, 0.15) is 6.04 Å². The van der Waals surface area contributed by atoms with Crippen LogP contribution in [0.3, 0.4) is 0 Å². The number of nitrogens with two attached hydrogens (primary N) is 1. The largest absolute Gasteiger partial charge is 0.330 e. The third-order valence-corrected chi connectivity index (χ3v) is 3.85. The van der Waals surface area contributed by atoms with E-state index in [9.17, 15) is 9.59 Å². The van der Waals surface area contributed by atoms with Crippen LogP contribution in [0.1, 0.15) is 42.7 Å². The molecule has 0 aromatic heterocycles. The number of carbonyl (C=O) groups excluding carboxylic acids is 2. The van der Waals surface area contributed by atoms with Crippen molar-refractivity contribution in [2.24, 2.45) is 0 Å². The fourth-order valence-corrected chi connectivity index (χ4v) is 2.46. The highest BCUT2D eigenvalue weighted by atomic mass is 16.2. The molecule has 0 aliphatic rings. The standard InChI is InChI=1S/C19H22N2O2/c1-13(16-8-5-4-6-9-16)20-14(2)19(23)21-18-11-7-10-17(12-18)15(3)22/h4-14,20H,1-3H3,(H,21,23)/p+1/t13-,14+/m0/s1. The number of hydrogen-bond acceptors (Lipinski definition) is 2. The Morgan fingerprint density at radius 3 is 2.35 bits per heavy atom. The molecule has 1 amide bonds. The number of ketones is 1. The normalized spacial score (nSPS) is 13.2. The van der Waals surface area contributed by atoms with Crippen molar-refractivity contribution in [3.63, 3.8) is 0 Å². The summed E-state index contributed by atoms with van der Waals surface area (Å²) in [6.07, 6.45) is 0. The second kappa shape index (κ2) is 7.70. The van der Waals surface area contributed by atoms with Gasteiger partial charge < -0.3 is 10.6 Å². The highest BCUT2D eigenvalue weighted by Crippen LogP contribution is 2.11. The summed E-state index contributed by atoms with van der Waals surface area (Å²) >= 11 is 0. The van der Waals surface area contributed by atoms with Gasteiger partial charge in [-0.2, -0.15) is 0 Å². The first-order valence-corrected chi connectivity index (χ1v) is 7.79. The predicted octanol–water partition coefficient (Wildman–Crippen LogP) is 2.54. The lowest BCUT2D eigenvalue weighted by Gasteiger charge is -2.17. The summed E-state index contributed by atoms with van der Waals surface area (Å²) in [6.45, 7) is 5.47. The van der Waals surface area contributed by atoms with E-state index in [1.54, 1.807) is 24.3 Å². The Bertz CT molecular complexity index is 683. The van der Waals surface area contributed by atoms with E-state index >= 15 is 0 Å². The summed E-state index contributed by atoms with van der Waals surface area (Å²) in [5.41, 5.74) is 2.43. The van der Waals surface area contributed by atoms with Gasteiger partial charge >= 0.3 is 0 Å². The number of benzene rings is 2. The summed E-state index contributed by atoms with van der Waals surface area (Å²) < 4.78 is 0. The maximum Gasteiger partial charge on any atom is 0.282 e. The number of anilines is 1. The molecule has 0 saturated carbocycles. The van der Waals surface area contributed by atoms with Crippen molar-refractivity contribution < 1.29 is 14.9 Å². The molecule has 2 atom stereocenters. The molecule has 0 fully saturated rings. The first kappa shape index (κ1) is 16.9. The fraction of sp³-hybridized carbons (Fsp3) is 0.263. The van der Waals surface area contributed by atoms with Crippen LogP contribution in [0.2, 0.25) is 0 Å². The lowest BCUT2D eigenvalue weighted by atomic mass is 10.1. The quantitative estimate of drug-likeness (QED) is 0.805. The SMILES string of the molecule is CC(=O)c1cccc(NC(=O)[C@@H](C)[NH2+][C@@H](C)c2ccccc2)c1. The van der Waals surface area contributed by atoms with E-state index in [2.05, 4.69) is 24.4 Å². The molecular formula is C19H23N2O2+. The lowest BCUT2D eigenvalue weighted by molar-refractivity contribution is -0.709. The molecule has 2 rings (SSSR count). The number of Topliss-reactive ketones (excluding diaryl/α,β-unsaturated/α-hetero) is 1. The van der Waals surface area contributed by atoms with Crippen molar-refractivity contribution >= 4 is 17.4 Å². The van der Waals surface area contributed by atoms with Gasteiger partial charge in [-0.3, -0.25) is 9.59 Å². The Balaban J connectivity index is 1.97. The minimum Gasteiger partial charge on any atom is -0.330 e. The van der Waals surface area contributed by atoms with Gasteiger partial charge in [0.15, 0.2) is 11.8 Å². The molecule has 2 aromatic carbocycles. The Hall–Kier alpha value is -2.46. The molecule has 0 aliphatic heterocycles. The van der Waals surface area contributed by atoms with Crippen LogP contribution in [-0.2, 0) is 4.79 Å². The Morgan fingerprint density at radius 1 is 1.00 bits per heavy atom. The van der Waals surface area contributed by atoms with E-state index < -0.39 is 0 Å². The van der Waals surface area contributed by atoms with E-state index in [1.165, 1.54) is 12.5 Å². The van der Waals surface area contributed by atoms with E-state index in [0.29, 0.717) is 11.3 Å². The zero-order valence-electron chi connectivity index (χ0n) is 13.7. The number of nitrogens with one attached hydrogen (secondary N) is 1. The van der Waals surface area contributed by atoms with E-state index in [-0.39, 0.29) is 23.8 Å². The first-order valence-electron chi connectivity index (χ1n) is 7.79. The van der Waals surface area contributed by atoms with Gasteiger partial charge in [-0.15, -0.1) is 0 Å². The van der Waals surface area contributed by atoms with Gasteiger partial charge in [-0.25, -0.2) is 0 Å². The third kappa shape index (κ3) is 4.76. The van der Waals surface area contributed by atoms with Gasteiger partial charge in [0.05, 0.1) is 0 Å². The third-order valence-electron chi connectivity index (χ3n) is 3.85. The summed E-state index contributed by atoms with van der Waals surface area (Å²) in [5.74, 6) is -0.0908. The van der Waals surface area contributed by atoms with Crippen LogP contribution in [-0.4, -0.2) is 17.7 Å². The van der Waals surface area contributed by atoms with Crippen LogP contribution in [0, 0.1) is 0 Å². The van der Waals surface area contributed by atoms with Gasteiger partial charge in [0.25, 0.3) is 5.91 Å². The summed E-state index contributed by atoms with van der Waals surface area (Å²) in [5, 5.41) is 4.90. The molecule has 4 heteroatoms. The van der Waals surface area contributed by atoms with Crippen LogP contribution >= 0.6 is 0 Å². The van der Waals surface area contributed by atoms with Crippen LogP contribution in [0.15, 0.2) is 54.6 Å². The fourth-order valence-electron chi connectivity index (χ4n) is 2.46. The number of hydrogen-bond donors (Lipinski definition) is 2. The summed E-state index contributed by atoms with van der Waals surface area (Å²) in [4.78, 5) is 23.7. The molecule has 4 nitrogen and oxygen atoms in total. The number of amides is 1. The molecule has 120 valence electrons. The second-order valence-electron chi connectivity index (χ2n) is 5.81. The van der Waals surface area contributed by atoms with Crippen LogP contribution in [0.4, 0.5) is 5.69 Å². The van der Waals surface area contributed by atoms with Crippen molar-refractivity contribution in [3.8, 4) is 0 Å². The maximum absolute atomic E-state index is 12.3. The molecule has 0 radical (unpaired) electrons. The molecule has 0 spiro atoms. The lowest BCUT2D eigenvalue weighted by Crippen LogP contribution is -2.91. The molecule has 23 heavy (non-hydrogen) atoms. The molecule has 0 saturated heterocycles. The molecule has 0 heterocycles. The van der Waals surface area contributed by atoms with Crippen molar-refractivity contribution in [2.45, 2.75) is 32.9 Å². The average Bonchev–Trinajstić information content (AvgIpc) is 2.55. The average molecular weight is 311 g/mol. The van der Waals surface area contributed by atoms with Gasteiger partial charge in [0, 0.05) is 16.8 Å². The van der Waals surface area contributed by atoms with Crippen molar-refractivity contribution in [1.82, 2.24) is 0 Å². The minimum absolute atomic E-state index is 0.0154. The van der Waals surface area contributed by atoms with Crippen LogP contribution in [0.5, 0.6) is 0 Å². The van der Waals surface area contributed by atoms with Gasteiger partial charge in [-0.05, 0) is 32.9 Å². The molecule has 3 N–H and O–H groups in total. The summed E-state index contributed by atoms with van der Waals surface area (Å²) in [7, 11) is 0. The Labute approximate surface area is 136 Å². The predicted molar refractivity (Wildman–Crippen MR) is 91.3 cm³/mol. The zero-order chi connectivity index (χ0) is 16.8. The Morgan fingerprint density at radius 2 is 1.70 bits per heavy atom. The molecule has 0 unspecified atom stereocenters. The molecular weight excluding hydrogens is 288 g/mol. The number of carbonyl (C=O) groups is 2. The minimum atomic E-state index is -0.230. The number of quaternary nitrogens is 1. The summed E-state index contributed by atoms with van der Waals surface area (Å²) in [6, 6.07) is 17.1. The highest BCUT2D eigenvalue weighted by molar-refractivity contribution is 5.97. The van der Waals surface area contributed by atoms with Crippen LogP contribution in [0.25, 0.3) is 0 Å². The zero-order valence-corrected chi connectivity index (χ0v) is 13.7.